The molecule has 3 aromatic rings. The molecule has 3 heterocycles. The quantitative estimate of drug-likeness (QED) is 0.226. The first-order chi connectivity index (χ1) is 21.2. The number of hydrogen-bond donors (Lipinski definition) is 0. The van der Waals surface area contributed by atoms with Crippen LogP contribution in [0.4, 0.5) is 27.8 Å². The van der Waals surface area contributed by atoms with E-state index < -0.39 is 36.1 Å². The Labute approximate surface area is 261 Å². The van der Waals surface area contributed by atoms with E-state index in [1.54, 1.807) is 11.0 Å². The average Bonchev–Trinajstić information content (AvgIpc) is 2.95. The second kappa shape index (κ2) is 12.6. The van der Waals surface area contributed by atoms with Gasteiger partial charge in [-0.3, -0.25) is 14.3 Å². The van der Waals surface area contributed by atoms with E-state index in [-0.39, 0.29) is 53.0 Å². The highest BCUT2D eigenvalue weighted by Crippen LogP contribution is 2.47. The molecule has 1 saturated heterocycles. The van der Waals surface area contributed by atoms with Crippen LogP contribution in [0.3, 0.4) is 0 Å². The Hall–Kier alpha value is -3.71. The number of amides is 1. The van der Waals surface area contributed by atoms with Gasteiger partial charge in [-0.15, -0.1) is 0 Å². The third-order valence-corrected chi connectivity index (χ3v) is 8.62. The first-order valence-electron chi connectivity index (χ1n) is 14.5. The number of halogens is 6. The maximum atomic E-state index is 15.1. The third-order valence-electron chi connectivity index (χ3n) is 8.32. The number of rotatable bonds is 8. The number of carbonyl (C=O) groups is 1. The predicted molar refractivity (Wildman–Crippen MR) is 162 cm³/mol. The lowest BCUT2D eigenvalue weighted by molar-refractivity contribution is -0.143. The van der Waals surface area contributed by atoms with Crippen molar-refractivity contribution in [2.24, 2.45) is 0 Å². The number of anilines is 1. The van der Waals surface area contributed by atoms with E-state index in [9.17, 15) is 27.2 Å². The van der Waals surface area contributed by atoms with Crippen LogP contribution in [0.15, 0.2) is 41.7 Å². The van der Waals surface area contributed by atoms with Crippen LogP contribution >= 0.6 is 11.6 Å². The lowest BCUT2D eigenvalue weighted by Gasteiger charge is -2.45. The van der Waals surface area contributed by atoms with E-state index in [0.717, 1.165) is 17.0 Å². The zero-order valence-corrected chi connectivity index (χ0v) is 25.8. The molecule has 3 atom stereocenters. The maximum absolute atomic E-state index is 15.1. The SMILES string of the molecule is C=CC(=O)N1C[C@H](C)N(c2nc(=O)n3c4c(c(-c5ccc(F)cc5F)c(Cl)cc24)OC[C@H]3CCCN(C)CC(F)(F)F)C[C@H]1C. The molecule has 5 rings (SSSR count). The van der Waals surface area contributed by atoms with Crippen LogP contribution in [0.25, 0.3) is 22.0 Å². The number of benzene rings is 2. The number of aromatic nitrogens is 2. The third kappa shape index (κ3) is 6.51. The van der Waals surface area contributed by atoms with E-state index in [0.29, 0.717) is 42.7 Å². The summed E-state index contributed by atoms with van der Waals surface area (Å²) in [6.45, 7) is 7.03. The zero-order valence-electron chi connectivity index (χ0n) is 25.0. The van der Waals surface area contributed by atoms with Gasteiger partial charge in [0.15, 0.2) is 5.75 Å². The fourth-order valence-corrected chi connectivity index (χ4v) is 6.56. The molecule has 14 heteroatoms. The van der Waals surface area contributed by atoms with Crippen molar-refractivity contribution in [2.45, 2.75) is 51.0 Å². The summed E-state index contributed by atoms with van der Waals surface area (Å²) in [6.07, 6.45) is -2.46. The fraction of sp³-hybridized carbons (Fsp3) is 0.452. The normalized spacial score (nSPS) is 20.1. The molecule has 0 bridgehead atoms. The number of carbonyl (C=O) groups excluding carboxylic acids is 1. The van der Waals surface area contributed by atoms with Gasteiger partial charge in [-0.2, -0.15) is 18.2 Å². The number of piperazine rings is 1. The summed E-state index contributed by atoms with van der Waals surface area (Å²) in [4.78, 5) is 35.5. The molecule has 1 amide bonds. The van der Waals surface area contributed by atoms with Crippen LogP contribution in [0.1, 0.15) is 32.7 Å². The smallest absolute Gasteiger partial charge is 0.401 e. The number of alkyl halides is 3. The molecular formula is C31H33ClF5N5O3. The van der Waals surface area contributed by atoms with Gasteiger partial charge in [-0.25, -0.2) is 13.6 Å². The Kier molecular flexibility index (Phi) is 9.14. The highest BCUT2D eigenvalue weighted by Gasteiger charge is 2.36. The first-order valence-corrected chi connectivity index (χ1v) is 14.9. The van der Waals surface area contributed by atoms with Gasteiger partial charge in [0.1, 0.15) is 24.1 Å². The fourth-order valence-electron chi connectivity index (χ4n) is 6.26. The van der Waals surface area contributed by atoms with Gasteiger partial charge in [0.2, 0.25) is 5.91 Å². The van der Waals surface area contributed by atoms with E-state index in [4.69, 9.17) is 16.3 Å². The highest BCUT2D eigenvalue weighted by molar-refractivity contribution is 6.35. The van der Waals surface area contributed by atoms with Crippen molar-refractivity contribution in [3.8, 4) is 16.9 Å². The minimum Gasteiger partial charge on any atom is -0.488 e. The first kappa shape index (κ1) is 32.7. The van der Waals surface area contributed by atoms with Crippen LogP contribution in [-0.2, 0) is 4.79 Å². The monoisotopic (exact) mass is 653 g/mol. The molecule has 0 N–H and O–H groups in total. The van der Waals surface area contributed by atoms with Crippen LogP contribution in [0.2, 0.25) is 5.02 Å². The molecule has 8 nitrogen and oxygen atoms in total. The number of ether oxygens (including phenoxy) is 1. The molecule has 2 aromatic carbocycles. The van der Waals surface area contributed by atoms with E-state index >= 15 is 4.39 Å². The number of nitrogens with zero attached hydrogens (tertiary/aromatic N) is 5. The summed E-state index contributed by atoms with van der Waals surface area (Å²) in [5, 5.41) is 0.534. The minimum atomic E-state index is -4.34. The lowest BCUT2D eigenvalue weighted by Crippen LogP contribution is -2.58. The molecule has 0 saturated carbocycles. The molecule has 242 valence electrons. The van der Waals surface area contributed by atoms with Gasteiger partial charge in [0, 0.05) is 47.8 Å². The number of hydrogen-bond acceptors (Lipinski definition) is 6. The molecular weight excluding hydrogens is 621 g/mol. The van der Waals surface area contributed by atoms with Crippen molar-refractivity contribution in [1.82, 2.24) is 19.4 Å². The van der Waals surface area contributed by atoms with Crippen molar-refractivity contribution in [3.63, 3.8) is 0 Å². The van der Waals surface area contributed by atoms with Gasteiger partial charge in [0.25, 0.3) is 0 Å². The topological polar surface area (TPSA) is 70.9 Å². The Morgan fingerprint density at radius 3 is 2.60 bits per heavy atom. The van der Waals surface area contributed by atoms with Crippen molar-refractivity contribution < 1.29 is 31.5 Å². The van der Waals surface area contributed by atoms with Crippen molar-refractivity contribution in [3.05, 3.63) is 64.1 Å². The molecule has 0 aliphatic carbocycles. The Morgan fingerprint density at radius 1 is 1.20 bits per heavy atom. The van der Waals surface area contributed by atoms with Crippen molar-refractivity contribution >= 4 is 34.2 Å². The summed E-state index contributed by atoms with van der Waals surface area (Å²) >= 11 is 6.78. The van der Waals surface area contributed by atoms with Crippen LogP contribution in [-0.4, -0.2) is 83.4 Å². The molecule has 2 aliphatic heterocycles. The summed E-state index contributed by atoms with van der Waals surface area (Å²) in [6, 6.07) is 3.52. The second-order valence-corrected chi connectivity index (χ2v) is 12.1. The Bertz CT molecular complexity index is 1700. The molecule has 0 spiro atoms. The molecule has 0 unspecified atom stereocenters. The van der Waals surface area contributed by atoms with E-state index in [1.807, 2.05) is 18.7 Å². The largest absolute Gasteiger partial charge is 0.488 e. The predicted octanol–water partition coefficient (Wildman–Crippen LogP) is 5.81. The molecule has 1 aromatic heterocycles. The highest BCUT2D eigenvalue weighted by atomic mass is 35.5. The molecule has 1 fully saturated rings. The van der Waals surface area contributed by atoms with Crippen LogP contribution in [0.5, 0.6) is 5.75 Å². The summed E-state index contributed by atoms with van der Waals surface area (Å²) < 4.78 is 75.1. The Balaban J connectivity index is 1.63. The summed E-state index contributed by atoms with van der Waals surface area (Å²) in [7, 11) is 1.37. The van der Waals surface area contributed by atoms with Crippen LogP contribution < -0.4 is 15.3 Å². The average molecular weight is 654 g/mol. The standard InChI is InChI=1S/C31H33ClF5N5O3/c1-5-25(43)40-13-18(3)41(14-17(40)2)29-22-12-23(32)26(21-9-8-19(33)11-24(21)34)28-27(22)42(30(44)38-29)20(15-45-28)7-6-10-39(4)16-31(35,36)37/h5,8-9,11-12,17-18,20H,1,6-7,10,13-16H2,2-4H3/t17-,18+,20-/m1/s1. The summed E-state index contributed by atoms with van der Waals surface area (Å²) in [5.41, 5.74) is -0.204. The van der Waals surface area contributed by atoms with Gasteiger partial charge < -0.3 is 14.5 Å². The zero-order chi connectivity index (χ0) is 32.8. The molecule has 45 heavy (non-hydrogen) atoms. The van der Waals surface area contributed by atoms with Crippen LogP contribution in [0, 0.1) is 11.6 Å². The van der Waals surface area contributed by atoms with Gasteiger partial charge >= 0.3 is 11.9 Å². The van der Waals surface area contributed by atoms with Gasteiger partial charge in [0.05, 0.1) is 23.1 Å². The molecule has 0 radical (unpaired) electrons. The van der Waals surface area contributed by atoms with Crippen molar-refractivity contribution in [2.75, 3.05) is 44.7 Å². The van der Waals surface area contributed by atoms with E-state index in [2.05, 4.69) is 11.6 Å². The Morgan fingerprint density at radius 2 is 1.93 bits per heavy atom. The lowest BCUT2D eigenvalue weighted by atomic mass is 9.98. The van der Waals surface area contributed by atoms with Gasteiger partial charge in [-0.05, 0) is 64.6 Å². The molecule has 2 aliphatic rings. The van der Waals surface area contributed by atoms with Gasteiger partial charge in [-0.1, -0.05) is 18.2 Å². The summed E-state index contributed by atoms with van der Waals surface area (Å²) in [5.74, 6) is -1.45. The van der Waals surface area contributed by atoms with Crippen molar-refractivity contribution in [1.29, 1.82) is 0 Å². The van der Waals surface area contributed by atoms with E-state index in [1.165, 1.54) is 23.8 Å². The minimum absolute atomic E-state index is 0.0265. The second-order valence-electron chi connectivity index (χ2n) is 11.7. The maximum Gasteiger partial charge on any atom is 0.401 e.